The fraction of sp³-hybridized carbons (Fsp3) is 0.467. The summed E-state index contributed by atoms with van der Waals surface area (Å²) in [4.78, 5) is 9.95. The molecule has 0 saturated carbocycles. The van der Waals surface area contributed by atoms with Crippen molar-refractivity contribution in [1.82, 2.24) is 4.90 Å². The Kier molecular flexibility index (Phi) is 5.59. The Morgan fingerprint density at radius 1 is 1.26 bits per heavy atom. The Labute approximate surface area is 132 Å². The molecule has 0 atom stereocenters. The van der Waals surface area contributed by atoms with Crippen LogP contribution in [0.4, 0.5) is 13.2 Å². The van der Waals surface area contributed by atoms with Gasteiger partial charge in [-0.25, -0.2) is 0 Å². The third-order valence-electron chi connectivity index (χ3n) is 3.23. The van der Waals surface area contributed by atoms with Crippen LogP contribution in [0.1, 0.15) is 5.56 Å². The first kappa shape index (κ1) is 17.3. The fourth-order valence-electron chi connectivity index (χ4n) is 2.20. The monoisotopic (exact) mass is 329 g/mol. The quantitative estimate of drug-likeness (QED) is 0.616. The van der Waals surface area contributed by atoms with Gasteiger partial charge in [0.05, 0.1) is 6.21 Å². The van der Waals surface area contributed by atoms with E-state index in [1.165, 1.54) is 12.1 Å². The minimum atomic E-state index is -4.66. The molecule has 1 aromatic carbocycles. The molecule has 1 saturated heterocycles. The molecule has 5 nitrogen and oxygen atoms in total. The van der Waals surface area contributed by atoms with Crippen LogP contribution in [0.15, 0.2) is 34.3 Å². The van der Waals surface area contributed by atoms with Gasteiger partial charge in [0.25, 0.3) is 0 Å². The van der Waals surface area contributed by atoms with Crippen molar-refractivity contribution in [1.29, 1.82) is 0 Å². The molecule has 126 valence electrons. The van der Waals surface area contributed by atoms with E-state index in [9.17, 15) is 13.2 Å². The highest BCUT2D eigenvalue weighted by Gasteiger charge is 2.31. The maximum atomic E-state index is 12.1. The first-order valence-electron chi connectivity index (χ1n) is 7.02. The lowest BCUT2D eigenvalue weighted by Crippen LogP contribution is -2.52. The smallest absolute Gasteiger partial charge is 0.471 e. The minimum absolute atomic E-state index is 0.0551. The number of ether oxygens (including phenoxy) is 2. The van der Waals surface area contributed by atoms with Gasteiger partial charge >= 0.3 is 6.36 Å². The van der Waals surface area contributed by atoms with Crippen LogP contribution in [-0.2, 0) is 11.3 Å². The van der Waals surface area contributed by atoms with Gasteiger partial charge in [-0.1, -0.05) is 12.1 Å². The largest absolute Gasteiger partial charge is 0.573 e. The summed E-state index contributed by atoms with van der Waals surface area (Å²) in [6.07, 6.45) is -3.05. The highest BCUT2D eigenvalue weighted by atomic mass is 19.4. The molecule has 23 heavy (non-hydrogen) atoms. The highest BCUT2D eigenvalue weighted by Crippen LogP contribution is 2.23. The number of rotatable bonds is 5. The van der Waals surface area contributed by atoms with Gasteiger partial charge in [-0.05, 0) is 17.7 Å². The SMILES string of the molecule is CN=CC(=NC)OC1CN(Cc2ccc(OC(F)(F)F)cc2)C1. The zero-order chi connectivity index (χ0) is 16.9. The van der Waals surface area contributed by atoms with Gasteiger partial charge in [-0.3, -0.25) is 14.9 Å². The molecule has 0 bridgehead atoms. The number of likely N-dealkylation sites (tertiary alicyclic amines) is 1. The summed E-state index contributed by atoms with van der Waals surface area (Å²) < 4.78 is 45.7. The summed E-state index contributed by atoms with van der Waals surface area (Å²) >= 11 is 0. The van der Waals surface area contributed by atoms with Crippen LogP contribution >= 0.6 is 0 Å². The molecule has 2 rings (SSSR count). The number of halogens is 3. The van der Waals surface area contributed by atoms with Gasteiger partial charge < -0.3 is 9.47 Å². The number of hydrogen-bond donors (Lipinski definition) is 0. The molecule has 0 aliphatic carbocycles. The zero-order valence-electron chi connectivity index (χ0n) is 12.9. The maximum Gasteiger partial charge on any atom is 0.573 e. The average Bonchev–Trinajstić information content (AvgIpc) is 2.44. The molecule has 1 fully saturated rings. The van der Waals surface area contributed by atoms with E-state index in [0.29, 0.717) is 12.4 Å². The second-order valence-corrected chi connectivity index (χ2v) is 5.07. The molecule has 1 heterocycles. The normalized spacial score (nSPS) is 17.3. The first-order chi connectivity index (χ1) is 10.9. The van der Waals surface area contributed by atoms with E-state index in [1.54, 1.807) is 32.4 Å². The van der Waals surface area contributed by atoms with Crippen molar-refractivity contribution in [3.05, 3.63) is 29.8 Å². The minimum Gasteiger partial charge on any atom is -0.471 e. The lowest BCUT2D eigenvalue weighted by Gasteiger charge is -2.38. The van der Waals surface area contributed by atoms with Crippen LogP contribution in [0, 0.1) is 0 Å². The van der Waals surface area contributed by atoms with Gasteiger partial charge in [-0.2, -0.15) is 0 Å². The van der Waals surface area contributed by atoms with Gasteiger partial charge in [0, 0.05) is 33.7 Å². The summed E-state index contributed by atoms with van der Waals surface area (Å²) in [5, 5.41) is 0. The van der Waals surface area contributed by atoms with Crippen molar-refractivity contribution < 1.29 is 22.6 Å². The van der Waals surface area contributed by atoms with E-state index < -0.39 is 6.36 Å². The Morgan fingerprint density at radius 2 is 1.91 bits per heavy atom. The molecule has 1 aromatic rings. The van der Waals surface area contributed by atoms with Gasteiger partial charge in [-0.15, -0.1) is 13.2 Å². The van der Waals surface area contributed by atoms with E-state index in [0.717, 1.165) is 18.7 Å². The number of alkyl halides is 3. The Balaban J connectivity index is 1.77. The van der Waals surface area contributed by atoms with E-state index in [1.807, 2.05) is 0 Å². The Hall–Kier alpha value is -2.09. The molecule has 1 aliphatic heterocycles. The number of nitrogens with zero attached hydrogens (tertiary/aromatic N) is 3. The molecule has 0 unspecified atom stereocenters. The molecule has 0 aromatic heterocycles. The van der Waals surface area contributed by atoms with Crippen LogP contribution < -0.4 is 4.74 Å². The van der Waals surface area contributed by atoms with Crippen LogP contribution in [0.2, 0.25) is 0 Å². The predicted molar refractivity (Wildman–Crippen MR) is 81.1 cm³/mol. The lowest BCUT2D eigenvalue weighted by atomic mass is 10.1. The molecule has 0 amide bonds. The van der Waals surface area contributed by atoms with E-state index in [2.05, 4.69) is 19.6 Å². The summed E-state index contributed by atoms with van der Waals surface area (Å²) in [5.41, 5.74) is 0.914. The van der Waals surface area contributed by atoms with Crippen molar-refractivity contribution >= 4 is 12.1 Å². The second-order valence-electron chi connectivity index (χ2n) is 5.07. The third kappa shape index (κ3) is 5.55. The molecule has 8 heteroatoms. The molecular formula is C15H18F3N3O2. The second kappa shape index (κ2) is 7.45. The van der Waals surface area contributed by atoms with E-state index >= 15 is 0 Å². The topological polar surface area (TPSA) is 46.4 Å². The molecule has 0 spiro atoms. The molecule has 1 aliphatic rings. The van der Waals surface area contributed by atoms with Crippen LogP contribution in [0.3, 0.4) is 0 Å². The summed E-state index contributed by atoms with van der Waals surface area (Å²) in [6.45, 7) is 2.11. The van der Waals surface area contributed by atoms with Crippen molar-refractivity contribution in [2.24, 2.45) is 9.98 Å². The number of aliphatic imine (C=N–C) groups is 2. The standard InChI is InChI=1S/C15H18F3N3O2/c1-19-7-14(20-2)22-13-9-21(10-13)8-11-3-5-12(6-4-11)23-15(16,17)18/h3-7,13H,8-10H2,1-2H3. The Morgan fingerprint density at radius 3 is 2.43 bits per heavy atom. The fourth-order valence-corrected chi connectivity index (χ4v) is 2.20. The van der Waals surface area contributed by atoms with Crippen molar-refractivity contribution in [3.8, 4) is 5.75 Å². The van der Waals surface area contributed by atoms with Crippen LogP contribution in [0.25, 0.3) is 0 Å². The van der Waals surface area contributed by atoms with Crippen LogP contribution in [-0.4, -0.2) is 56.7 Å². The lowest BCUT2D eigenvalue weighted by molar-refractivity contribution is -0.274. The number of benzene rings is 1. The summed E-state index contributed by atoms with van der Waals surface area (Å²) in [6, 6.07) is 5.88. The molecule has 0 N–H and O–H groups in total. The van der Waals surface area contributed by atoms with Crippen molar-refractivity contribution in [2.45, 2.75) is 19.0 Å². The van der Waals surface area contributed by atoms with Gasteiger partial charge in [0.2, 0.25) is 5.90 Å². The average molecular weight is 329 g/mol. The van der Waals surface area contributed by atoms with E-state index in [4.69, 9.17) is 4.74 Å². The predicted octanol–water partition coefficient (Wildman–Crippen LogP) is 2.51. The zero-order valence-corrected chi connectivity index (χ0v) is 12.9. The third-order valence-corrected chi connectivity index (χ3v) is 3.23. The van der Waals surface area contributed by atoms with Crippen LogP contribution in [0.5, 0.6) is 5.75 Å². The number of hydrogen-bond acceptors (Lipinski definition) is 5. The Bertz CT molecular complexity index is 564. The highest BCUT2D eigenvalue weighted by molar-refractivity contribution is 6.26. The van der Waals surface area contributed by atoms with Gasteiger partial charge in [0.15, 0.2) is 0 Å². The molecular weight excluding hydrogens is 311 g/mol. The first-order valence-corrected chi connectivity index (χ1v) is 7.02. The molecule has 0 radical (unpaired) electrons. The van der Waals surface area contributed by atoms with Gasteiger partial charge in [0.1, 0.15) is 11.9 Å². The summed E-state index contributed by atoms with van der Waals surface area (Å²) in [7, 11) is 3.28. The maximum absolute atomic E-state index is 12.1. The van der Waals surface area contributed by atoms with Crippen molar-refractivity contribution in [2.75, 3.05) is 27.2 Å². The van der Waals surface area contributed by atoms with E-state index in [-0.39, 0.29) is 11.9 Å². The van der Waals surface area contributed by atoms with Crippen molar-refractivity contribution in [3.63, 3.8) is 0 Å². The summed E-state index contributed by atoms with van der Waals surface area (Å²) in [5.74, 6) is 0.277.